The highest BCUT2D eigenvalue weighted by molar-refractivity contribution is 4.85. The van der Waals surface area contributed by atoms with E-state index in [-0.39, 0.29) is 6.42 Å². The summed E-state index contributed by atoms with van der Waals surface area (Å²) in [5.41, 5.74) is 0. The molecule has 13 heavy (non-hydrogen) atoms. The molecule has 0 heterocycles. The largest absolute Gasteiger partial charge is 0.456 e. The van der Waals surface area contributed by atoms with Gasteiger partial charge < -0.3 is 0 Å². The second-order valence-corrected chi connectivity index (χ2v) is 2.45. The van der Waals surface area contributed by atoms with E-state index in [1.54, 1.807) is 0 Å². The highest BCUT2D eigenvalue weighted by Crippen LogP contribution is 2.40. The Morgan fingerprint density at radius 3 is 1.92 bits per heavy atom. The predicted octanol–water partition coefficient (Wildman–Crippen LogP) is 3.49. The fourth-order valence-electron chi connectivity index (χ4n) is 0.623. The Balaban J connectivity index is 4.35. The summed E-state index contributed by atoms with van der Waals surface area (Å²) in [7, 11) is 0. The molecule has 0 amide bonds. The van der Waals surface area contributed by atoms with Gasteiger partial charge in [-0.1, -0.05) is 6.08 Å². The highest BCUT2D eigenvalue weighted by Gasteiger charge is 2.62. The maximum atomic E-state index is 12.3. The fraction of sp³-hybridized carbons (Fsp3) is 0.714. The Kier molecular flexibility index (Phi) is 3.81. The zero-order chi connectivity index (χ0) is 10.7. The second-order valence-electron chi connectivity index (χ2n) is 2.45. The number of halogens is 6. The molecule has 0 saturated carbocycles. The summed E-state index contributed by atoms with van der Waals surface area (Å²) < 4.78 is 71.1. The van der Waals surface area contributed by atoms with Gasteiger partial charge in [0.1, 0.15) is 0 Å². The minimum absolute atomic E-state index is 0.215. The molecule has 6 heteroatoms. The number of rotatable bonds is 4. The molecule has 78 valence electrons. The quantitative estimate of drug-likeness (QED) is 0.488. The smallest absolute Gasteiger partial charge is 0.240 e. The van der Waals surface area contributed by atoms with Crippen molar-refractivity contribution < 1.29 is 26.3 Å². The van der Waals surface area contributed by atoms with E-state index in [1.807, 2.05) is 0 Å². The van der Waals surface area contributed by atoms with Gasteiger partial charge in [0.05, 0.1) is 0 Å². The van der Waals surface area contributed by atoms with Gasteiger partial charge in [-0.05, 0) is 12.8 Å². The minimum atomic E-state index is -5.83. The minimum Gasteiger partial charge on any atom is -0.240 e. The third-order valence-corrected chi connectivity index (χ3v) is 1.40. The van der Waals surface area contributed by atoms with Crippen LogP contribution < -0.4 is 0 Å². The number of hydrogen-bond acceptors (Lipinski definition) is 0. The Morgan fingerprint density at radius 1 is 1.15 bits per heavy atom. The zero-order valence-corrected chi connectivity index (χ0v) is 6.54. The maximum absolute atomic E-state index is 12.3. The third-order valence-electron chi connectivity index (χ3n) is 1.40. The van der Waals surface area contributed by atoms with Gasteiger partial charge in [0.15, 0.2) is 6.17 Å². The first-order valence-corrected chi connectivity index (χ1v) is 3.43. The van der Waals surface area contributed by atoms with Crippen LogP contribution in [0.25, 0.3) is 0 Å². The van der Waals surface area contributed by atoms with E-state index in [4.69, 9.17) is 0 Å². The lowest BCUT2D eigenvalue weighted by atomic mass is 10.1. The van der Waals surface area contributed by atoms with E-state index in [0.717, 1.165) is 6.08 Å². The van der Waals surface area contributed by atoms with Crippen molar-refractivity contribution in [2.24, 2.45) is 0 Å². The van der Waals surface area contributed by atoms with Crippen LogP contribution in [0.2, 0.25) is 0 Å². The van der Waals surface area contributed by atoms with Crippen LogP contribution in [0.5, 0.6) is 0 Å². The molecule has 0 rings (SSSR count). The third kappa shape index (κ3) is 2.93. The summed E-state index contributed by atoms with van der Waals surface area (Å²) in [5, 5.41) is 0. The lowest BCUT2D eigenvalue weighted by Gasteiger charge is -2.22. The Morgan fingerprint density at radius 2 is 1.62 bits per heavy atom. The molecule has 1 unspecified atom stereocenters. The zero-order valence-electron chi connectivity index (χ0n) is 6.54. The van der Waals surface area contributed by atoms with E-state index in [0.29, 0.717) is 0 Å². The van der Waals surface area contributed by atoms with Gasteiger partial charge in [0.25, 0.3) is 0 Å². The second kappa shape index (κ2) is 4.02. The van der Waals surface area contributed by atoms with Gasteiger partial charge in [-0.3, -0.25) is 0 Å². The summed E-state index contributed by atoms with van der Waals surface area (Å²) in [6, 6.07) is 0. The first-order chi connectivity index (χ1) is 5.73. The average Bonchev–Trinajstić information content (AvgIpc) is 1.97. The number of alkyl halides is 6. The standard InChI is InChI=1S/C7H8F6/c1-2-3-4-5(8)6(9,10)7(11,12)13/h2,5H,1,3-4H2. The molecule has 0 aliphatic carbocycles. The predicted molar refractivity (Wildman–Crippen MR) is 35.3 cm³/mol. The van der Waals surface area contributed by atoms with Crippen LogP contribution in [0.4, 0.5) is 26.3 Å². The Hall–Kier alpha value is -0.680. The van der Waals surface area contributed by atoms with Crippen molar-refractivity contribution >= 4 is 0 Å². The van der Waals surface area contributed by atoms with E-state index < -0.39 is 24.7 Å². The van der Waals surface area contributed by atoms with Crippen LogP contribution in [0.3, 0.4) is 0 Å². The Bertz CT molecular complexity index is 170. The molecule has 0 saturated heterocycles. The summed E-state index contributed by atoms with van der Waals surface area (Å²) in [5.74, 6) is -5.27. The molecular weight excluding hydrogens is 198 g/mol. The topological polar surface area (TPSA) is 0 Å². The van der Waals surface area contributed by atoms with Gasteiger partial charge >= 0.3 is 12.1 Å². The average molecular weight is 206 g/mol. The van der Waals surface area contributed by atoms with Crippen LogP contribution in [0.1, 0.15) is 12.8 Å². The molecule has 0 spiro atoms. The van der Waals surface area contributed by atoms with Crippen molar-refractivity contribution in [3.63, 3.8) is 0 Å². The van der Waals surface area contributed by atoms with Gasteiger partial charge in [-0.2, -0.15) is 22.0 Å². The van der Waals surface area contributed by atoms with Gasteiger partial charge in [0.2, 0.25) is 0 Å². The van der Waals surface area contributed by atoms with Crippen molar-refractivity contribution in [3.05, 3.63) is 12.7 Å². The van der Waals surface area contributed by atoms with E-state index in [1.165, 1.54) is 0 Å². The van der Waals surface area contributed by atoms with Crippen LogP contribution in [-0.4, -0.2) is 18.3 Å². The van der Waals surface area contributed by atoms with Gasteiger partial charge in [-0.15, -0.1) is 6.58 Å². The fourth-order valence-corrected chi connectivity index (χ4v) is 0.623. The molecule has 0 bridgehead atoms. The number of allylic oxidation sites excluding steroid dienone is 1. The lowest BCUT2D eigenvalue weighted by Crippen LogP contribution is -2.44. The molecule has 0 fully saturated rings. The van der Waals surface area contributed by atoms with Crippen LogP contribution in [0.15, 0.2) is 12.7 Å². The molecule has 0 aliphatic heterocycles. The van der Waals surface area contributed by atoms with E-state index in [9.17, 15) is 26.3 Å². The molecule has 0 aromatic carbocycles. The van der Waals surface area contributed by atoms with Crippen LogP contribution >= 0.6 is 0 Å². The summed E-state index contributed by atoms with van der Waals surface area (Å²) in [6.07, 6.45) is -9.04. The SMILES string of the molecule is C=CCCC(F)C(F)(F)C(F)(F)F. The molecule has 0 aromatic heterocycles. The molecule has 0 radical (unpaired) electrons. The summed E-state index contributed by atoms with van der Waals surface area (Å²) >= 11 is 0. The van der Waals surface area contributed by atoms with E-state index in [2.05, 4.69) is 6.58 Å². The monoisotopic (exact) mass is 206 g/mol. The lowest BCUT2D eigenvalue weighted by molar-refractivity contribution is -0.303. The van der Waals surface area contributed by atoms with E-state index >= 15 is 0 Å². The highest BCUT2D eigenvalue weighted by atomic mass is 19.4. The molecule has 0 N–H and O–H groups in total. The van der Waals surface area contributed by atoms with Crippen LogP contribution in [-0.2, 0) is 0 Å². The molecule has 0 aliphatic rings. The summed E-state index contributed by atoms with van der Waals surface area (Å²) in [4.78, 5) is 0. The normalized spacial score (nSPS) is 15.5. The van der Waals surface area contributed by atoms with Crippen molar-refractivity contribution in [2.45, 2.75) is 31.1 Å². The maximum Gasteiger partial charge on any atom is 0.456 e. The summed E-state index contributed by atoms with van der Waals surface area (Å²) in [6.45, 7) is 3.08. The van der Waals surface area contributed by atoms with Gasteiger partial charge in [-0.25, -0.2) is 4.39 Å². The molecule has 0 nitrogen and oxygen atoms in total. The van der Waals surface area contributed by atoms with Crippen LogP contribution in [0, 0.1) is 0 Å². The van der Waals surface area contributed by atoms with Crippen molar-refractivity contribution in [1.82, 2.24) is 0 Å². The van der Waals surface area contributed by atoms with Gasteiger partial charge in [0, 0.05) is 0 Å². The van der Waals surface area contributed by atoms with Crippen molar-refractivity contribution in [3.8, 4) is 0 Å². The first kappa shape index (κ1) is 12.3. The number of hydrogen-bond donors (Lipinski definition) is 0. The molecule has 0 aromatic rings. The van der Waals surface area contributed by atoms with Crippen molar-refractivity contribution in [1.29, 1.82) is 0 Å². The molecular formula is C7H8F6. The molecule has 1 atom stereocenters. The van der Waals surface area contributed by atoms with Crippen molar-refractivity contribution in [2.75, 3.05) is 0 Å². The first-order valence-electron chi connectivity index (χ1n) is 3.43. The Labute approximate surface area is 71.2 Å².